The first-order valence-corrected chi connectivity index (χ1v) is 11.6. The van der Waals surface area contributed by atoms with Gasteiger partial charge in [0.25, 0.3) is 0 Å². The summed E-state index contributed by atoms with van der Waals surface area (Å²) >= 11 is 0. The maximum Gasteiger partial charge on any atom is 0.0626 e. The standard InChI is InChI=1S/C26H42O2/c1-25(2,27)17-6-5-11-22-15-16-24-21(10-8-18-26(22,24)3)14-13-20-9-7-12-23(19-20)28-4/h5-6,13-14,22-24,27H,7-12,15-19H2,1-4H3/b6-5+,20-13+,21-14+. The molecule has 3 aliphatic carbocycles. The Kier molecular flexibility index (Phi) is 7.26. The lowest BCUT2D eigenvalue weighted by atomic mass is 9.63. The van der Waals surface area contributed by atoms with Gasteiger partial charge in [-0.1, -0.05) is 42.4 Å². The van der Waals surface area contributed by atoms with Crippen molar-refractivity contribution in [2.24, 2.45) is 17.3 Å². The zero-order valence-corrected chi connectivity index (χ0v) is 18.7. The van der Waals surface area contributed by atoms with Crippen molar-refractivity contribution in [3.8, 4) is 0 Å². The summed E-state index contributed by atoms with van der Waals surface area (Å²) in [6.45, 7) is 6.33. The van der Waals surface area contributed by atoms with Crippen molar-refractivity contribution in [1.82, 2.24) is 0 Å². The van der Waals surface area contributed by atoms with E-state index in [1.165, 1.54) is 57.8 Å². The molecule has 0 aromatic carbocycles. The summed E-state index contributed by atoms with van der Waals surface area (Å²) in [5.41, 5.74) is 3.17. The highest BCUT2D eigenvalue weighted by molar-refractivity contribution is 5.26. The van der Waals surface area contributed by atoms with E-state index >= 15 is 0 Å². The smallest absolute Gasteiger partial charge is 0.0626 e. The summed E-state index contributed by atoms with van der Waals surface area (Å²) < 4.78 is 5.60. The predicted molar refractivity (Wildman–Crippen MR) is 118 cm³/mol. The molecule has 0 aromatic heterocycles. The van der Waals surface area contributed by atoms with Crippen molar-refractivity contribution < 1.29 is 9.84 Å². The van der Waals surface area contributed by atoms with Crippen LogP contribution in [0.3, 0.4) is 0 Å². The van der Waals surface area contributed by atoms with Gasteiger partial charge < -0.3 is 9.84 Å². The first-order chi connectivity index (χ1) is 13.3. The average molecular weight is 387 g/mol. The molecule has 0 aliphatic heterocycles. The highest BCUT2D eigenvalue weighted by Crippen LogP contribution is 2.58. The van der Waals surface area contributed by atoms with E-state index in [1.807, 2.05) is 21.0 Å². The van der Waals surface area contributed by atoms with Gasteiger partial charge in [0, 0.05) is 7.11 Å². The number of methoxy groups -OCH3 is 1. The van der Waals surface area contributed by atoms with Gasteiger partial charge in [-0.05, 0) is 102 Å². The van der Waals surface area contributed by atoms with Crippen LogP contribution in [-0.4, -0.2) is 23.9 Å². The molecule has 0 spiro atoms. The van der Waals surface area contributed by atoms with E-state index in [0.717, 1.165) is 24.7 Å². The molecule has 3 aliphatic rings. The van der Waals surface area contributed by atoms with Gasteiger partial charge in [0.2, 0.25) is 0 Å². The molecule has 0 saturated heterocycles. The van der Waals surface area contributed by atoms with Gasteiger partial charge in [-0.25, -0.2) is 0 Å². The Labute approximate surface area is 173 Å². The van der Waals surface area contributed by atoms with Crippen molar-refractivity contribution in [3.05, 3.63) is 35.5 Å². The zero-order chi connectivity index (χ0) is 20.2. The lowest BCUT2D eigenvalue weighted by molar-refractivity contribution is 0.0836. The second kappa shape index (κ2) is 9.30. The molecular formula is C26H42O2. The van der Waals surface area contributed by atoms with Crippen LogP contribution in [-0.2, 0) is 4.74 Å². The number of hydrogen-bond donors (Lipinski definition) is 1. The fourth-order valence-corrected chi connectivity index (χ4v) is 6.00. The largest absolute Gasteiger partial charge is 0.390 e. The fourth-order valence-electron chi connectivity index (χ4n) is 6.00. The summed E-state index contributed by atoms with van der Waals surface area (Å²) in [4.78, 5) is 0. The van der Waals surface area contributed by atoms with E-state index in [9.17, 15) is 5.11 Å². The molecule has 3 saturated carbocycles. The molecule has 3 rings (SSSR count). The van der Waals surface area contributed by atoms with E-state index in [-0.39, 0.29) is 0 Å². The molecule has 0 amide bonds. The second-order valence-electron chi connectivity index (χ2n) is 10.4. The fraction of sp³-hybridized carbons (Fsp3) is 0.769. The van der Waals surface area contributed by atoms with Crippen LogP contribution < -0.4 is 0 Å². The van der Waals surface area contributed by atoms with Crippen molar-refractivity contribution >= 4 is 0 Å². The molecule has 0 bridgehead atoms. The summed E-state index contributed by atoms with van der Waals surface area (Å²) in [5.74, 6) is 1.56. The highest BCUT2D eigenvalue weighted by Gasteiger charge is 2.48. The van der Waals surface area contributed by atoms with Crippen LogP contribution in [0.2, 0.25) is 0 Å². The SMILES string of the molecule is COC1CCC/C(=C\C=C2/CCCC3(C)C(C/C=C/CC(C)(C)O)CCC23)C1. The molecule has 0 radical (unpaired) electrons. The van der Waals surface area contributed by atoms with Crippen molar-refractivity contribution in [1.29, 1.82) is 0 Å². The first kappa shape index (κ1) is 21.8. The summed E-state index contributed by atoms with van der Waals surface area (Å²) in [5, 5.41) is 9.91. The summed E-state index contributed by atoms with van der Waals surface area (Å²) in [6, 6.07) is 0. The van der Waals surface area contributed by atoms with Crippen molar-refractivity contribution in [2.75, 3.05) is 7.11 Å². The molecular weight excluding hydrogens is 344 g/mol. The molecule has 3 fully saturated rings. The number of fused-ring (bicyclic) bond motifs is 1. The molecule has 4 unspecified atom stereocenters. The Morgan fingerprint density at radius 1 is 1.11 bits per heavy atom. The third-order valence-corrected chi connectivity index (χ3v) is 7.75. The number of rotatable bonds is 6. The molecule has 158 valence electrons. The van der Waals surface area contributed by atoms with E-state index in [0.29, 0.717) is 11.5 Å². The zero-order valence-electron chi connectivity index (χ0n) is 18.7. The lowest BCUT2D eigenvalue weighted by Crippen LogP contribution is -2.33. The molecule has 2 heteroatoms. The minimum absolute atomic E-state index is 0.432. The maximum absolute atomic E-state index is 9.91. The summed E-state index contributed by atoms with van der Waals surface area (Å²) in [7, 11) is 1.85. The minimum Gasteiger partial charge on any atom is -0.390 e. The number of hydrogen-bond acceptors (Lipinski definition) is 2. The van der Waals surface area contributed by atoms with Crippen LogP contribution in [0.25, 0.3) is 0 Å². The van der Waals surface area contributed by atoms with Gasteiger partial charge in [0.1, 0.15) is 0 Å². The number of allylic oxidation sites excluding steroid dienone is 4. The Bertz CT molecular complexity index is 606. The van der Waals surface area contributed by atoms with Crippen molar-refractivity contribution in [2.45, 2.75) is 103 Å². The second-order valence-corrected chi connectivity index (χ2v) is 10.4. The molecule has 0 heterocycles. The van der Waals surface area contributed by atoms with Crippen LogP contribution in [0.4, 0.5) is 0 Å². The highest BCUT2D eigenvalue weighted by atomic mass is 16.5. The van der Waals surface area contributed by atoms with Crippen LogP contribution >= 0.6 is 0 Å². The van der Waals surface area contributed by atoms with Gasteiger partial charge in [-0.2, -0.15) is 0 Å². The Hall–Kier alpha value is -0.860. The van der Waals surface area contributed by atoms with Gasteiger partial charge in [-0.3, -0.25) is 0 Å². The molecule has 4 atom stereocenters. The predicted octanol–water partition coefficient (Wildman–Crippen LogP) is 6.75. The maximum atomic E-state index is 9.91. The van der Waals surface area contributed by atoms with E-state index < -0.39 is 5.60 Å². The molecule has 1 N–H and O–H groups in total. The quantitative estimate of drug-likeness (QED) is 0.511. The lowest BCUT2D eigenvalue weighted by Gasteiger charge is -2.42. The van der Waals surface area contributed by atoms with Crippen LogP contribution in [0, 0.1) is 17.3 Å². The van der Waals surface area contributed by atoms with Gasteiger partial charge in [-0.15, -0.1) is 0 Å². The van der Waals surface area contributed by atoms with E-state index in [1.54, 1.807) is 11.1 Å². The van der Waals surface area contributed by atoms with Crippen LogP contribution in [0.1, 0.15) is 91.4 Å². The number of ether oxygens (including phenoxy) is 1. The van der Waals surface area contributed by atoms with Crippen molar-refractivity contribution in [3.63, 3.8) is 0 Å². The summed E-state index contributed by atoms with van der Waals surface area (Å²) in [6.07, 6.45) is 23.4. The number of aliphatic hydroxyl groups is 1. The Balaban J connectivity index is 1.64. The van der Waals surface area contributed by atoms with Gasteiger partial charge in [0.15, 0.2) is 0 Å². The third kappa shape index (κ3) is 5.39. The normalized spacial score (nSPS) is 37.1. The van der Waals surface area contributed by atoms with E-state index in [4.69, 9.17) is 4.74 Å². The minimum atomic E-state index is -0.589. The first-order valence-electron chi connectivity index (χ1n) is 11.6. The third-order valence-electron chi connectivity index (χ3n) is 7.75. The van der Waals surface area contributed by atoms with E-state index in [2.05, 4.69) is 31.2 Å². The van der Waals surface area contributed by atoms with Gasteiger partial charge in [0.05, 0.1) is 11.7 Å². The molecule has 0 aromatic rings. The van der Waals surface area contributed by atoms with Crippen LogP contribution in [0.5, 0.6) is 0 Å². The average Bonchev–Trinajstić information content (AvgIpc) is 2.99. The molecule has 28 heavy (non-hydrogen) atoms. The monoisotopic (exact) mass is 386 g/mol. The Morgan fingerprint density at radius 3 is 2.68 bits per heavy atom. The molecule has 2 nitrogen and oxygen atoms in total. The Morgan fingerprint density at radius 2 is 1.93 bits per heavy atom. The topological polar surface area (TPSA) is 29.5 Å². The van der Waals surface area contributed by atoms with Gasteiger partial charge >= 0.3 is 0 Å². The van der Waals surface area contributed by atoms with Crippen LogP contribution in [0.15, 0.2) is 35.5 Å².